The Hall–Kier alpha value is -3.05. The Morgan fingerprint density at radius 1 is 1.07 bits per heavy atom. The van der Waals surface area contributed by atoms with Crippen LogP contribution in [0.15, 0.2) is 76.6 Å². The molecule has 0 atom stereocenters. The number of sulfonamides is 1. The van der Waals surface area contributed by atoms with Crippen molar-refractivity contribution in [3.05, 3.63) is 82.9 Å². The maximum absolute atomic E-state index is 13.6. The third kappa shape index (κ3) is 5.58. The van der Waals surface area contributed by atoms with E-state index in [2.05, 4.69) is 33.1 Å². The number of thiazole rings is 1. The van der Waals surface area contributed by atoms with Gasteiger partial charge in [0.05, 0.1) is 16.9 Å². The number of H-pyrrole nitrogens is 1. The molecule has 1 aromatic carbocycles. The topological polar surface area (TPSA) is 82.2 Å². The van der Waals surface area contributed by atoms with Crippen LogP contribution < -0.4 is 4.31 Å². The highest BCUT2D eigenvalue weighted by atomic mass is 32.2. The van der Waals surface area contributed by atoms with E-state index in [-0.39, 0.29) is 13.5 Å². The van der Waals surface area contributed by atoms with Gasteiger partial charge in [0, 0.05) is 46.9 Å². The quantitative estimate of drug-likeness (QED) is 0.203. The maximum Gasteiger partial charge on any atom is 0.274 e. The highest BCUT2D eigenvalue weighted by Gasteiger charge is 2.30. The molecule has 0 radical (unpaired) electrons. The number of likely N-dealkylation sites (tertiary alicyclic amines) is 1. The lowest BCUT2D eigenvalue weighted by Crippen LogP contribution is -2.36. The van der Waals surface area contributed by atoms with Crippen molar-refractivity contribution in [2.24, 2.45) is 0 Å². The molecule has 210 valence electrons. The number of aromatic nitrogens is 3. The first-order valence-corrected chi connectivity index (χ1v) is 16.3. The van der Waals surface area contributed by atoms with Gasteiger partial charge in [0.1, 0.15) is 9.22 Å². The molecular formula is C30H35N5O2S3. The van der Waals surface area contributed by atoms with Gasteiger partial charge in [-0.3, -0.25) is 14.2 Å². The average molecular weight is 594 g/mol. The van der Waals surface area contributed by atoms with E-state index >= 15 is 0 Å². The molecule has 0 aliphatic carbocycles. The van der Waals surface area contributed by atoms with Gasteiger partial charge in [0.25, 0.3) is 10.0 Å². The molecular weight excluding hydrogens is 559 g/mol. The molecule has 0 spiro atoms. The lowest BCUT2D eigenvalue weighted by Gasteiger charge is -2.31. The van der Waals surface area contributed by atoms with Crippen LogP contribution in [0.2, 0.25) is 0 Å². The van der Waals surface area contributed by atoms with Crippen LogP contribution in [0.1, 0.15) is 50.6 Å². The van der Waals surface area contributed by atoms with Crippen LogP contribution in [0, 0.1) is 0 Å². The fourth-order valence-corrected chi connectivity index (χ4v) is 9.04. The Bertz CT molecular complexity index is 1650. The Kier molecular flexibility index (Phi) is 8.42. The summed E-state index contributed by atoms with van der Waals surface area (Å²) in [6, 6.07) is 17.2. The van der Waals surface area contributed by atoms with Crippen LogP contribution in [-0.4, -0.2) is 47.4 Å². The van der Waals surface area contributed by atoms with Crippen LogP contribution >= 0.6 is 22.7 Å². The van der Waals surface area contributed by atoms with E-state index in [1.807, 2.05) is 50.5 Å². The monoisotopic (exact) mass is 593 g/mol. The molecule has 40 heavy (non-hydrogen) atoms. The number of hydrogen-bond donors (Lipinski definition) is 1. The second-order valence-electron chi connectivity index (χ2n) is 10.2. The normalized spacial score (nSPS) is 15.0. The average Bonchev–Trinajstić information content (AvgIpc) is 3.71. The van der Waals surface area contributed by atoms with E-state index in [9.17, 15) is 8.42 Å². The number of hydrogen-bond acceptors (Lipinski definition) is 7. The molecule has 6 rings (SSSR count). The minimum Gasteiger partial charge on any atom is -0.351 e. The van der Waals surface area contributed by atoms with E-state index in [4.69, 9.17) is 4.98 Å². The molecule has 7 nitrogen and oxygen atoms in total. The minimum absolute atomic E-state index is 0. The molecule has 5 aromatic rings. The molecule has 1 aliphatic heterocycles. The zero-order chi connectivity index (χ0) is 27.0. The van der Waals surface area contributed by atoms with Crippen LogP contribution in [-0.2, 0) is 16.6 Å². The third-order valence-electron chi connectivity index (χ3n) is 7.21. The standard InChI is InChI=1S/C29H31N5O2S3.CH4/c1-20(2)34(39(35,36)27-10-6-16-37-27)26-9-5-7-22-17-25(32-28(22)26)29-31-18-23(38-29)19-33-14-11-21(12-15-33)24-8-3-4-13-30-24;/h3-10,13,16-18,20-21,32H,11-12,14-15,19H2,1-2H3;1H4. The fourth-order valence-electron chi connectivity index (χ4n) is 5.36. The van der Waals surface area contributed by atoms with Gasteiger partial charge in [-0.15, -0.1) is 22.7 Å². The number of thiophene rings is 1. The van der Waals surface area contributed by atoms with Crippen molar-refractivity contribution in [2.75, 3.05) is 17.4 Å². The molecule has 1 saturated heterocycles. The smallest absolute Gasteiger partial charge is 0.274 e. The lowest BCUT2D eigenvalue weighted by molar-refractivity contribution is 0.205. The molecule has 0 saturated carbocycles. The molecule has 4 aromatic heterocycles. The second kappa shape index (κ2) is 11.8. The van der Waals surface area contributed by atoms with Crippen LogP contribution in [0.3, 0.4) is 0 Å². The van der Waals surface area contributed by atoms with Crippen LogP contribution in [0.4, 0.5) is 5.69 Å². The van der Waals surface area contributed by atoms with Crippen LogP contribution in [0.5, 0.6) is 0 Å². The number of fused-ring (bicyclic) bond motifs is 1. The summed E-state index contributed by atoms with van der Waals surface area (Å²) in [7, 11) is -3.68. The van der Waals surface area contributed by atoms with Gasteiger partial charge in [-0.1, -0.05) is 31.7 Å². The minimum atomic E-state index is -3.68. The van der Waals surface area contributed by atoms with Crippen molar-refractivity contribution in [3.63, 3.8) is 0 Å². The van der Waals surface area contributed by atoms with Gasteiger partial charge in [-0.2, -0.15) is 0 Å². The molecule has 0 amide bonds. The van der Waals surface area contributed by atoms with E-state index < -0.39 is 10.0 Å². The number of aromatic amines is 1. The van der Waals surface area contributed by atoms with E-state index in [1.165, 1.54) is 26.2 Å². The molecule has 1 aliphatic rings. The predicted octanol–water partition coefficient (Wildman–Crippen LogP) is 7.37. The molecule has 1 fully saturated rings. The Labute approximate surface area is 244 Å². The largest absolute Gasteiger partial charge is 0.351 e. The van der Waals surface area contributed by atoms with Gasteiger partial charge >= 0.3 is 0 Å². The van der Waals surface area contributed by atoms with Crippen molar-refractivity contribution in [1.29, 1.82) is 0 Å². The van der Waals surface area contributed by atoms with Gasteiger partial charge in [-0.05, 0) is 75.5 Å². The van der Waals surface area contributed by atoms with Crippen molar-refractivity contribution in [1.82, 2.24) is 19.9 Å². The summed E-state index contributed by atoms with van der Waals surface area (Å²) in [6.45, 7) is 6.79. The number of nitrogens with zero attached hydrogens (tertiary/aromatic N) is 4. The fraction of sp³-hybridized carbons (Fsp3) is 0.333. The van der Waals surface area contributed by atoms with E-state index in [0.29, 0.717) is 15.8 Å². The number of nitrogens with one attached hydrogen (secondary N) is 1. The van der Waals surface area contributed by atoms with Gasteiger partial charge in [0.2, 0.25) is 0 Å². The summed E-state index contributed by atoms with van der Waals surface area (Å²) in [4.78, 5) is 16.5. The number of piperidine rings is 1. The Morgan fingerprint density at radius 3 is 2.60 bits per heavy atom. The predicted molar refractivity (Wildman–Crippen MR) is 167 cm³/mol. The summed E-state index contributed by atoms with van der Waals surface area (Å²) >= 11 is 2.93. The number of para-hydroxylation sites is 1. The first-order chi connectivity index (χ1) is 18.9. The van der Waals surface area contributed by atoms with Crippen LogP contribution in [0.25, 0.3) is 21.6 Å². The Morgan fingerprint density at radius 2 is 1.90 bits per heavy atom. The summed E-state index contributed by atoms with van der Waals surface area (Å²) < 4.78 is 29.0. The van der Waals surface area contributed by atoms with Crippen molar-refractivity contribution >= 4 is 49.3 Å². The first kappa shape index (κ1) is 28.5. The number of pyridine rings is 1. The van der Waals surface area contributed by atoms with Gasteiger partial charge < -0.3 is 4.98 Å². The maximum atomic E-state index is 13.6. The van der Waals surface area contributed by atoms with E-state index in [1.54, 1.807) is 28.8 Å². The highest BCUT2D eigenvalue weighted by Crippen LogP contribution is 2.37. The second-order valence-corrected chi connectivity index (χ2v) is 14.3. The van der Waals surface area contributed by atoms with Crippen molar-refractivity contribution in [3.8, 4) is 10.7 Å². The summed E-state index contributed by atoms with van der Waals surface area (Å²) in [5.74, 6) is 0.536. The summed E-state index contributed by atoms with van der Waals surface area (Å²) in [5, 5.41) is 3.66. The Balaban J connectivity index is 0.00000323. The molecule has 10 heteroatoms. The number of anilines is 1. The highest BCUT2D eigenvalue weighted by molar-refractivity contribution is 7.94. The molecule has 0 unspecified atom stereocenters. The summed E-state index contributed by atoms with van der Waals surface area (Å²) in [5.41, 5.74) is 3.55. The summed E-state index contributed by atoms with van der Waals surface area (Å²) in [6.07, 6.45) is 6.10. The van der Waals surface area contributed by atoms with E-state index in [0.717, 1.165) is 54.1 Å². The van der Waals surface area contributed by atoms with Crippen molar-refractivity contribution < 1.29 is 8.42 Å². The van der Waals surface area contributed by atoms with Gasteiger partial charge in [-0.25, -0.2) is 13.4 Å². The number of benzene rings is 1. The number of rotatable bonds is 8. The SMILES string of the molecule is C.CC(C)N(c1cccc2cc(-c3ncc(CN4CCC(c5ccccn5)CC4)s3)[nH]c12)S(=O)(=O)c1cccs1. The lowest BCUT2D eigenvalue weighted by atomic mass is 9.93. The first-order valence-electron chi connectivity index (χ1n) is 13.2. The van der Waals surface area contributed by atoms with Crippen molar-refractivity contribution in [2.45, 2.75) is 56.8 Å². The van der Waals surface area contributed by atoms with Gasteiger partial charge in [0.15, 0.2) is 0 Å². The zero-order valence-electron chi connectivity index (χ0n) is 21.9. The third-order valence-corrected chi connectivity index (χ3v) is 11.6. The zero-order valence-corrected chi connectivity index (χ0v) is 24.4. The molecule has 5 heterocycles. The molecule has 1 N–H and O–H groups in total. The molecule has 0 bridgehead atoms.